The number of benzene rings is 1. The summed E-state index contributed by atoms with van der Waals surface area (Å²) in [7, 11) is 2.09. The van der Waals surface area contributed by atoms with Gasteiger partial charge in [0.2, 0.25) is 0 Å². The molecule has 4 rings (SSSR count). The molecule has 0 bridgehead atoms. The molecule has 0 aromatic heterocycles. The van der Waals surface area contributed by atoms with E-state index in [0.717, 1.165) is 94.8 Å². The number of aliphatic hydroxyl groups is 1. The van der Waals surface area contributed by atoms with Crippen LogP contribution in [0.2, 0.25) is 0 Å². The Morgan fingerprint density at radius 1 is 0.886 bits per heavy atom. The van der Waals surface area contributed by atoms with E-state index >= 15 is 4.39 Å². The Morgan fingerprint density at radius 2 is 1.50 bits per heavy atom. The molecule has 0 aliphatic heterocycles. The number of rotatable bonds is 16. The minimum absolute atomic E-state index is 0.106. The number of unbranched alkanes of at least 4 members (excludes halogenated alkanes) is 8. The van der Waals surface area contributed by atoms with Crippen molar-refractivity contribution >= 4 is 0 Å². The van der Waals surface area contributed by atoms with E-state index in [9.17, 15) is 32.2 Å². The summed E-state index contributed by atoms with van der Waals surface area (Å²) in [5, 5.41) is 21.0. The first-order valence-corrected chi connectivity index (χ1v) is 17.0. The quantitative estimate of drug-likeness (QED) is 0.141. The average molecular weight is 634 g/mol. The molecule has 0 spiro atoms. The van der Waals surface area contributed by atoms with Crippen LogP contribution < -0.4 is 0 Å². The highest BCUT2D eigenvalue weighted by Gasteiger charge is 2.60. The van der Waals surface area contributed by atoms with Gasteiger partial charge in [0.25, 0.3) is 0 Å². The van der Waals surface area contributed by atoms with Crippen LogP contribution in [-0.2, 0) is 6.42 Å². The first-order valence-electron chi connectivity index (χ1n) is 17.0. The van der Waals surface area contributed by atoms with Gasteiger partial charge < -0.3 is 15.1 Å². The minimum atomic E-state index is -5.45. The number of fused-ring (bicyclic) bond motifs is 5. The molecule has 1 aromatic carbocycles. The van der Waals surface area contributed by atoms with Crippen LogP contribution in [-0.4, -0.2) is 59.6 Å². The normalized spacial score (nSPS) is 30.3. The lowest BCUT2D eigenvalue weighted by Crippen LogP contribution is -2.51. The van der Waals surface area contributed by atoms with Crippen LogP contribution >= 0.6 is 0 Å². The highest BCUT2D eigenvalue weighted by Crippen LogP contribution is 2.63. The van der Waals surface area contributed by atoms with Gasteiger partial charge in [0.1, 0.15) is 11.9 Å². The Balaban J connectivity index is 1.13. The summed E-state index contributed by atoms with van der Waals surface area (Å²) in [6, 6.07) is 5.45. The van der Waals surface area contributed by atoms with Gasteiger partial charge in [-0.1, -0.05) is 57.9 Å². The molecule has 3 aliphatic rings. The second kappa shape index (κ2) is 15.0. The van der Waals surface area contributed by atoms with E-state index in [0.29, 0.717) is 31.1 Å². The minimum Gasteiger partial charge on any atom is -0.508 e. The average Bonchev–Trinajstić information content (AvgIpc) is 3.24. The molecule has 9 heteroatoms. The van der Waals surface area contributed by atoms with Crippen molar-refractivity contribution in [2.75, 3.05) is 20.1 Å². The predicted molar refractivity (Wildman–Crippen MR) is 162 cm³/mol. The Bertz CT molecular complexity index is 1050. The lowest BCUT2D eigenvalue weighted by Gasteiger charge is -2.54. The van der Waals surface area contributed by atoms with E-state index in [4.69, 9.17) is 0 Å². The standard InChI is InChI=1S/C35H53F6NO2/c1-33-23-29(36)32-27-15-14-26(43)22-25(27)21-24(31(32)28(33)16-17-30(33)44)13-9-5-8-12-20-42(2)19-11-7-4-3-6-10-18-34(37,38)35(39,40)41/h14-15,22,24,28-32,43-44H,3-13,16-21,23H2,1-2H3/t24?,28?,29-,30-,31?,32?,33?/m0/s1. The molecule has 0 heterocycles. The maximum atomic E-state index is 15.9. The fourth-order valence-corrected chi connectivity index (χ4v) is 8.86. The van der Waals surface area contributed by atoms with E-state index in [1.54, 1.807) is 6.07 Å². The van der Waals surface area contributed by atoms with Crippen LogP contribution in [0.4, 0.5) is 26.3 Å². The zero-order valence-corrected chi connectivity index (χ0v) is 26.5. The van der Waals surface area contributed by atoms with Crippen LogP contribution in [0, 0.1) is 23.2 Å². The van der Waals surface area contributed by atoms with E-state index < -0.39 is 30.8 Å². The van der Waals surface area contributed by atoms with Gasteiger partial charge in [-0.05, 0) is 118 Å². The van der Waals surface area contributed by atoms with Crippen molar-refractivity contribution in [1.29, 1.82) is 0 Å². The number of phenolic OH excluding ortho intramolecular Hbond substituents is 1. The van der Waals surface area contributed by atoms with Crippen molar-refractivity contribution in [3.8, 4) is 5.75 Å². The molecule has 5 unspecified atom stereocenters. The molecule has 252 valence electrons. The van der Waals surface area contributed by atoms with Gasteiger partial charge in [0.05, 0.1) is 6.10 Å². The number of hydrogen-bond donors (Lipinski definition) is 2. The molecule has 2 N–H and O–H groups in total. The third-order valence-electron chi connectivity index (χ3n) is 11.3. The first-order chi connectivity index (χ1) is 20.7. The second-order valence-corrected chi connectivity index (χ2v) is 14.5. The molecule has 2 fully saturated rings. The van der Waals surface area contributed by atoms with Crippen LogP contribution in [0.5, 0.6) is 5.75 Å². The number of aromatic hydroxyl groups is 1. The lowest BCUT2D eigenvalue weighted by molar-refractivity contribution is -0.284. The molecule has 3 nitrogen and oxygen atoms in total. The predicted octanol–water partition coefficient (Wildman–Crippen LogP) is 9.59. The zero-order valence-electron chi connectivity index (χ0n) is 26.5. The summed E-state index contributed by atoms with van der Waals surface area (Å²) in [5.74, 6) is -3.59. The van der Waals surface area contributed by atoms with E-state index in [1.807, 2.05) is 12.1 Å². The maximum Gasteiger partial charge on any atom is 0.453 e. The summed E-state index contributed by atoms with van der Waals surface area (Å²) >= 11 is 0. The molecule has 0 saturated heterocycles. The number of aliphatic hydroxyl groups excluding tert-OH is 1. The largest absolute Gasteiger partial charge is 0.508 e. The van der Waals surface area contributed by atoms with Crippen LogP contribution in [0.15, 0.2) is 18.2 Å². The van der Waals surface area contributed by atoms with Gasteiger partial charge in [-0.25, -0.2) is 4.39 Å². The number of phenols is 1. The highest BCUT2D eigenvalue weighted by molar-refractivity contribution is 5.41. The lowest BCUT2D eigenvalue weighted by atomic mass is 9.51. The van der Waals surface area contributed by atoms with Crippen LogP contribution in [0.25, 0.3) is 0 Å². The fourth-order valence-electron chi connectivity index (χ4n) is 8.86. The van der Waals surface area contributed by atoms with Gasteiger partial charge in [0, 0.05) is 12.3 Å². The molecule has 44 heavy (non-hydrogen) atoms. The van der Waals surface area contributed by atoms with Crippen LogP contribution in [0.1, 0.15) is 120 Å². The second-order valence-electron chi connectivity index (χ2n) is 14.5. The molecule has 0 amide bonds. The van der Waals surface area contributed by atoms with E-state index in [1.165, 1.54) is 0 Å². The van der Waals surface area contributed by atoms with Gasteiger partial charge in [-0.3, -0.25) is 0 Å². The van der Waals surface area contributed by atoms with Gasteiger partial charge >= 0.3 is 12.1 Å². The Kier molecular flexibility index (Phi) is 12.0. The Labute approximate surface area is 259 Å². The van der Waals surface area contributed by atoms with Crippen molar-refractivity contribution < 1.29 is 36.6 Å². The summed E-state index contributed by atoms with van der Waals surface area (Å²) in [6.45, 7) is 4.04. The maximum absolute atomic E-state index is 15.9. The highest BCUT2D eigenvalue weighted by atomic mass is 19.4. The van der Waals surface area contributed by atoms with Crippen molar-refractivity contribution in [3.63, 3.8) is 0 Å². The van der Waals surface area contributed by atoms with Crippen molar-refractivity contribution in [2.24, 2.45) is 23.2 Å². The van der Waals surface area contributed by atoms with Crippen molar-refractivity contribution in [3.05, 3.63) is 29.3 Å². The fraction of sp³-hybridized carbons (Fsp3) is 0.829. The third kappa shape index (κ3) is 8.26. The smallest absolute Gasteiger partial charge is 0.453 e. The molecular weight excluding hydrogens is 580 g/mol. The van der Waals surface area contributed by atoms with Gasteiger partial charge in [0.15, 0.2) is 0 Å². The van der Waals surface area contributed by atoms with Crippen LogP contribution in [0.3, 0.4) is 0 Å². The molecule has 1 aromatic rings. The number of alkyl halides is 6. The summed E-state index contributed by atoms with van der Waals surface area (Å²) < 4.78 is 78.5. The van der Waals surface area contributed by atoms with Crippen molar-refractivity contribution in [1.82, 2.24) is 4.90 Å². The molecule has 0 radical (unpaired) electrons. The van der Waals surface area contributed by atoms with E-state index in [-0.39, 0.29) is 29.4 Å². The van der Waals surface area contributed by atoms with E-state index in [2.05, 4.69) is 18.9 Å². The van der Waals surface area contributed by atoms with Gasteiger partial charge in [-0.2, -0.15) is 22.0 Å². The molecule has 3 aliphatic carbocycles. The molecule has 2 saturated carbocycles. The van der Waals surface area contributed by atoms with Crippen molar-refractivity contribution in [2.45, 2.75) is 140 Å². The molecule has 7 atom stereocenters. The first kappa shape index (κ1) is 35.4. The number of halogens is 6. The summed E-state index contributed by atoms with van der Waals surface area (Å²) in [5.41, 5.74) is 1.80. The monoisotopic (exact) mass is 633 g/mol. The number of nitrogens with zero attached hydrogens (tertiary/aromatic N) is 1. The summed E-state index contributed by atoms with van der Waals surface area (Å²) in [4.78, 5) is 2.30. The Hall–Kier alpha value is -1.48. The SMILES string of the molecule is CN(CCCCCCCCC(F)(F)C(F)(F)F)CCCCCCC1Cc2cc(O)ccc2C2C1C1CC[C@H](O)C1(C)C[C@@H]2F. The third-order valence-corrected chi connectivity index (χ3v) is 11.3. The van der Waals surface area contributed by atoms with Gasteiger partial charge in [-0.15, -0.1) is 0 Å². The Morgan fingerprint density at radius 3 is 2.16 bits per heavy atom. The topological polar surface area (TPSA) is 43.7 Å². The number of hydrogen-bond acceptors (Lipinski definition) is 3. The molecular formula is C35H53F6NO2. The zero-order chi connectivity index (χ0) is 32.1. The summed E-state index contributed by atoms with van der Waals surface area (Å²) in [6.07, 6.45) is 4.21.